The van der Waals surface area contributed by atoms with E-state index in [1.54, 1.807) is 6.07 Å². The van der Waals surface area contributed by atoms with Crippen molar-refractivity contribution in [2.75, 3.05) is 11.9 Å². The fourth-order valence-electron chi connectivity index (χ4n) is 2.86. The predicted octanol–water partition coefficient (Wildman–Crippen LogP) is 3.33. The smallest absolute Gasteiger partial charge is 0.130 e. The standard InChI is InChI=1S/C15H22FNO/c1-11-6-8-12(9-7-11)17(2)15-5-3-4-14(16)13(15)10-18/h3-5,11-12,18H,6-10H2,1-2H3. The van der Waals surface area contributed by atoms with E-state index in [4.69, 9.17) is 0 Å². The molecule has 0 aliphatic heterocycles. The number of nitrogens with zero attached hydrogens (tertiary/aromatic N) is 1. The van der Waals surface area contributed by atoms with Gasteiger partial charge in [-0.15, -0.1) is 0 Å². The molecular formula is C15H22FNO. The van der Waals surface area contributed by atoms with Crippen molar-refractivity contribution in [3.05, 3.63) is 29.6 Å². The van der Waals surface area contributed by atoms with E-state index in [9.17, 15) is 9.50 Å². The Hall–Kier alpha value is -1.09. The molecule has 2 rings (SSSR count). The zero-order valence-electron chi connectivity index (χ0n) is 11.2. The van der Waals surface area contributed by atoms with Gasteiger partial charge in [0.15, 0.2) is 0 Å². The Morgan fingerprint density at radius 1 is 1.28 bits per heavy atom. The maximum absolute atomic E-state index is 13.7. The summed E-state index contributed by atoms with van der Waals surface area (Å²) in [4.78, 5) is 2.14. The van der Waals surface area contributed by atoms with Crippen molar-refractivity contribution in [1.29, 1.82) is 0 Å². The van der Waals surface area contributed by atoms with Crippen molar-refractivity contribution in [1.82, 2.24) is 0 Å². The number of halogens is 1. The van der Waals surface area contributed by atoms with Crippen LogP contribution in [0.5, 0.6) is 0 Å². The lowest BCUT2D eigenvalue weighted by atomic mass is 9.86. The van der Waals surface area contributed by atoms with Crippen LogP contribution in [0.2, 0.25) is 0 Å². The largest absolute Gasteiger partial charge is 0.391 e. The van der Waals surface area contributed by atoms with Gasteiger partial charge in [-0.2, -0.15) is 0 Å². The van der Waals surface area contributed by atoms with Gasteiger partial charge in [-0.25, -0.2) is 4.39 Å². The van der Waals surface area contributed by atoms with E-state index < -0.39 is 0 Å². The molecule has 0 saturated heterocycles. The Labute approximate surface area is 108 Å². The fraction of sp³-hybridized carbons (Fsp3) is 0.600. The predicted molar refractivity (Wildman–Crippen MR) is 72.1 cm³/mol. The molecule has 0 amide bonds. The molecule has 0 spiro atoms. The van der Waals surface area contributed by atoms with E-state index >= 15 is 0 Å². The average Bonchev–Trinajstić information content (AvgIpc) is 2.38. The molecule has 1 aromatic carbocycles. The van der Waals surface area contributed by atoms with Crippen LogP contribution in [0.25, 0.3) is 0 Å². The molecule has 0 atom stereocenters. The minimum absolute atomic E-state index is 0.241. The molecule has 1 saturated carbocycles. The van der Waals surface area contributed by atoms with Crippen LogP contribution < -0.4 is 4.90 Å². The third kappa shape index (κ3) is 2.66. The molecule has 1 fully saturated rings. The van der Waals surface area contributed by atoms with Gasteiger partial charge in [-0.3, -0.25) is 0 Å². The van der Waals surface area contributed by atoms with E-state index in [1.807, 2.05) is 13.1 Å². The maximum Gasteiger partial charge on any atom is 0.130 e. The highest BCUT2D eigenvalue weighted by atomic mass is 19.1. The lowest BCUT2D eigenvalue weighted by Crippen LogP contribution is -2.35. The van der Waals surface area contributed by atoms with Crippen molar-refractivity contribution in [3.8, 4) is 0 Å². The normalized spacial score (nSPS) is 24.0. The third-order valence-electron chi connectivity index (χ3n) is 4.17. The van der Waals surface area contributed by atoms with Crippen LogP contribution in [0, 0.1) is 11.7 Å². The summed E-state index contributed by atoms with van der Waals surface area (Å²) in [5, 5.41) is 9.32. The van der Waals surface area contributed by atoms with Crippen LogP contribution in [-0.4, -0.2) is 18.2 Å². The monoisotopic (exact) mass is 251 g/mol. The van der Waals surface area contributed by atoms with Gasteiger partial charge in [-0.05, 0) is 43.7 Å². The molecule has 18 heavy (non-hydrogen) atoms. The van der Waals surface area contributed by atoms with Crippen LogP contribution >= 0.6 is 0 Å². The van der Waals surface area contributed by atoms with Gasteiger partial charge >= 0.3 is 0 Å². The van der Waals surface area contributed by atoms with Gasteiger partial charge in [0.05, 0.1) is 6.61 Å². The molecule has 0 unspecified atom stereocenters. The summed E-state index contributed by atoms with van der Waals surface area (Å²) in [7, 11) is 2.01. The summed E-state index contributed by atoms with van der Waals surface area (Å²) in [6, 6.07) is 5.48. The Morgan fingerprint density at radius 3 is 2.56 bits per heavy atom. The molecule has 1 aliphatic carbocycles. The molecule has 3 heteroatoms. The first kappa shape index (κ1) is 13.3. The second-order valence-electron chi connectivity index (χ2n) is 5.42. The number of aliphatic hydroxyl groups is 1. The van der Waals surface area contributed by atoms with Crippen LogP contribution in [0.1, 0.15) is 38.2 Å². The van der Waals surface area contributed by atoms with Crippen LogP contribution in [0.4, 0.5) is 10.1 Å². The zero-order valence-corrected chi connectivity index (χ0v) is 11.2. The van der Waals surface area contributed by atoms with Crippen molar-refractivity contribution in [3.63, 3.8) is 0 Å². The lowest BCUT2D eigenvalue weighted by Gasteiger charge is -2.36. The van der Waals surface area contributed by atoms with Crippen LogP contribution in [0.3, 0.4) is 0 Å². The van der Waals surface area contributed by atoms with E-state index in [0.717, 1.165) is 24.4 Å². The molecule has 100 valence electrons. The first-order chi connectivity index (χ1) is 8.63. The SMILES string of the molecule is CC1CCC(N(C)c2cccc(F)c2CO)CC1. The molecule has 1 aromatic rings. The molecule has 0 aromatic heterocycles. The highest BCUT2D eigenvalue weighted by Gasteiger charge is 2.23. The third-order valence-corrected chi connectivity index (χ3v) is 4.17. The molecule has 1 aliphatic rings. The maximum atomic E-state index is 13.7. The number of anilines is 1. The molecule has 0 radical (unpaired) electrons. The summed E-state index contributed by atoms with van der Waals surface area (Å²) in [5.41, 5.74) is 1.25. The van der Waals surface area contributed by atoms with Crippen molar-refractivity contribution >= 4 is 5.69 Å². The summed E-state index contributed by atoms with van der Waals surface area (Å²) in [5.74, 6) is 0.491. The summed E-state index contributed by atoms with van der Waals surface area (Å²) < 4.78 is 13.7. The second kappa shape index (κ2) is 5.70. The average molecular weight is 251 g/mol. The first-order valence-electron chi connectivity index (χ1n) is 6.74. The minimum Gasteiger partial charge on any atom is -0.391 e. The molecular weight excluding hydrogens is 229 g/mol. The van der Waals surface area contributed by atoms with E-state index in [0.29, 0.717) is 11.6 Å². The quantitative estimate of drug-likeness (QED) is 0.890. The summed E-state index contributed by atoms with van der Waals surface area (Å²) >= 11 is 0. The Morgan fingerprint density at radius 2 is 1.94 bits per heavy atom. The molecule has 0 bridgehead atoms. The van der Waals surface area contributed by atoms with Gasteiger partial charge < -0.3 is 10.0 Å². The van der Waals surface area contributed by atoms with Crippen molar-refractivity contribution in [2.45, 2.75) is 45.3 Å². The summed E-state index contributed by atoms with van der Waals surface area (Å²) in [6.07, 6.45) is 4.77. The number of hydrogen-bond donors (Lipinski definition) is 1. The van der Waals surface area contributed by atoms with E-state index in [1.165, 1.54) is 18.9 Å². The number of hydrogen-bond acceptors (Lipinski definition) is 2. The minimum atomic E-state index is -0.314. The second-order valence-corrected chi connectivity index (χ2v) is 5.42. The van der Waals surface area contributed by atoms with E-state index in [2.05, 4.69) is 11.8 Å². The van der Waals surface area contributed by atoms with Gasteiger partial charge in [0.1, 0.15) is 5.82 Å². The Kier molecular flexibility index (Phi) is 4.23. The number of aliphatic hydroxyl groups excluding tert-OH is 1. The van der Waals surface area contributed by atoms with Crippen molar-refractivity contribution < 1.29 is 9.50 Å². The lowest BCUT2D eigenvalue weighted by molar-refractivity contribution is 0.275. The fourth-order valence-corrected chi connectivity index (χ4v) is 2.86. The topological polar surface area (TPSA) is 23.5 Å². The van der Waals surface area contributed by atoms with Gasteiger partial charge in [0, 0.05) is 24.3 Å². The van der Waals surface area contributed by atoms with E-state index in [-0.39, 0.29) is 12.4 Å². The molecule has 2 nitrogen and oxygen atoms in total. The van der Waals surface area contributed by atoms with Gasteiger partial charge in [0.2, 0.25) is 0 Å². The van der Waals surface area contributed by atoms with Crippen LogP contribution in [-0.2, 0) is 6.61 Å². The Balaban J connectivity index is 2.18. The molecule has 0 heterocycles. The van der Waals surface area contributed by atoms with Gasteiger partial charge in [-0.1, -0.05) is 13.0 Å². The first-order valence-corrected chi connectivity index (χ1v) is 6.74. The molecule has 1 N–H and O–H groups in total. The highest BCUT2D eigenvalue weighted by Crippen LogP contribution is 2.31. The highest BCUT2D eigenvalue weighted by molar-refractivity contribution is 5.54. The van der Waals surface area contributed by atoms with Crippen molar-refractivity contribution in [2.24, 2.45) is 5.92 Å². The number of benzene rings is 1. The zero-order chi connectivity index (χ0) is 13.1. The summed E-state index contributed by atoms with van der Waals surface area (Å²) in [6.45, 7) is 2.05. The number of rotatable bonds is 3. The van der Waals surface area contributed by atoms with Gasteiger partial charge in [0.25, 0.3) is 0 Å². The van der Waals surface area contributed by atoms with Crippen LogP contribution in [0.15, 0.2) is 18.2 Å². The Bertz CT molecular complexity index is 399.